The molecule has 178 valence electrons. The van der Waals surface area contributed by atoms with Crippen LogP contribution >= 0.6 is 0 Å². The molecule has 0 saturated heterocycles. The number of hydrogen-bond donors (Lipinski definition) is 2. The van der Waals surface area contributed by atoms with Crippen molar-refractivity contribution < 1.29 is 9.53 Å². The van der Waals surface area contributed by atoms with Gasteiger partial charge in [0.05, 0.1) is 12.2 Å². The number of nitrogens with zero attached hydrogens (tertiary/aromatic N) is 4. The van der Waals surface area contributed by atoms with Crippen LogP contribution in [0.25, 0.3) is 0 Å². The van der Waals surface area contributed by atoms with E-state index in [-0.39, 0.29) is 5.91 Å². The average molecular weight is 461 g/mol. The van der Waals surface area contributed by atoms with Crippen molar-refractivity contribution in [2.24, 2.45) is 0 Å². The van der Waals surface area contributed by atoms with Gasteiger partial charge in [-0.25, -0.2) is 0 Å². The third-order valence-corrected chi connectivity index (χ3v) is 6.05. The van der Waals surface area contributed by atoms with E-state index in [0.29, 0.717) is 23.8 Å². The largest absolute Gasteiger partial charge is 0.494 e. The number of hydrogen-bond acceptors (Lipinski definition) is 6. The van der Waals surface area contributed by atoms with Gasteiger partial charge in [0.25, 0.3) is 5.91 Å². The van der Waals surface area contributed by atoms with Gasteiger partial charge in [0.1, 0.15) is 11.8 Å². The maximum atomic E-state index is 13.5. The van der Waals surface area contributed by atoms with Gasteiger partial charge in [-0.15, -0.1) is 0 Å². The molecular weight excluding hydrogens is 428 g/mol. The second-order valence-electron chi connectivity index (χ2n) is 8.76. The number of aromatic nitrogens is 4. The van der Waals surface area contributed by atoms with Crippen LogP contribution in [-0.4, -0.2) is 32.7 Å². The van der Waals surface area contributed by atoms with Crippen LogP contribution in [0.2, 0.25) is 0 Å². The lowest BCUT2D eigenvalue weighted by Gasteiger charge is -2.28. The Bertz CT molecular complexity index is 1180. The highest BCUT2D eigenvalue weighted by Gasteiger charge is 2.34. The number of carbonyl (C=O) groups excluding carboxylic acids is 1. The molecule has 1 aromatic heterocycles. The van der Waals surface area contributed by atoms with E-state index in [4.69, 9.17) is 4.74 Å². The molecule has 2 aromatic carbocycles. The summed E-state index contributed by atoms with van der Waals surface area (Å²) in [4.78, 5) is 13.5. The van der Waals surface area contributed by atoms with Crippen molar-refractivity contribution in [2.75, 3.05) is 17.2 Å². The predicted molar refractivity (Wildman–Crippen MR) is 133 cm³/mol. The molecule has 8 heteroatoms. The summed E-state index contributed by atoms with van der Waals surface area (Å²) in [5, 5.41) is 18.3. The second kappa shape index (κ2) is 10.5. The first kappa shape index (κ1) is 23.5. The van der Waals surface area contributed by atoms with Crippen molar-refractivity contribution >= 4 is 17.5 Å². The topological polar surface area (TPSA) is 94.0 Å². The van der Waals surface area contributed by atoms with Crippen molar-refractivity contribution in [1.82, 2.24) is 20.2 Å². The normalized spacial score (nSPS) is 15.0. The first-order valence-corrected chi connectivity index (χ1v) is 11.8. The standard InChI is InChI=1S/C26H32N6O2/c1-5-6-7-8-15-34-21-12-10-20(11-13-21)24-23(19(4)27-26-29-30-31-32(24)26)25(33)28-22-14-9-17(2)16-18(22)3/h9-14,16,24H,5-8,15H2,1-4H3,(H,28,33)(H,27,29,31). The highest BCUT2D eigenvalue weighted by Crippen LogP contribution is 2.35. The summed E-state index contributed by atoms with van der Waals surface area (Å²) < 4.78 is 7.54. The first-order chi connectivity index (χ1) is 16.5. The smallest absolute Gasteiger partial charge is 0.255 e. The van der Waals surface area contributed by atoms with E-state index in [2.05, 4.69) is 33.1 Å². The molecule has 1 unspecified atom stereocenters. The fourth-order valence-corrected chi connectivity index (χ4v) is 4.22. The zero-order valence-electron chi connectivity index (χ0n) is 20.3. The number of ether oxygens (including phenoxy) is 1. The summed E-state index contributed by atoms with van der Waals surface area (Å²) in [6.45, 7) is 8.79. The summed E-state index contributed by atoms with van der Waals surface area (Å²) >= 11 is 0. The highest BCUT2D eigenvalue weighted by molar-refractivity contribution is 6.06. The summed E-state index contributed by atoms with van der Waals surface area (Å²) in [5.41, 5.74) is 5.12. The number of rotatable bonds is 9. The number of amides is 1. The Morgan fingerprint density at radius 1 is 1.09 bits per heavy atom. The molecule has 4 rings (SSSR count). The van der Waals surface area contributed by atoms with Crippen LogP contribution in [-0.2, 0) is 4.79 Å². The van der Waals surface area contributed by atoms with Crippen LogP contribution in [0.4, 0.5) is 11.6 Å². The molecule has 2 heterocycles. The molecule has 0 spiro atoms. The molecule has 0 aliphatic carbocycles. The lowest BCUT2D eigenvalue weighted by atomic mass is 9.94. The minimum absolute atomic E-state index is 0.195. The van der Waals surface area contributed by atoms with Gasteiger partial charge in [-0.05, 0) is 66.9 Å². The Labute approximate surface area is 200 Å². The van der Waals surface area contributed by atoms with E-state index >= 15 is 0 Å². The summed E-state index contributed by atoms with van der Waals surface area (Å²) in [6.07, 6.45) is 4.65. The number of nitrogens with one attached hydrogen (secondary N) is 2. The van der Waals surface area contributed by atoms with Gasteiger partial charge in [0.15, 0.2) is 0 Å². The lowest BCUT2D eigenvalue weighted by Crippen LogP contribution is -2.31. The quantitative estimate of drug-likeness (QED) is 0.428. The zero-order valence-corrected chi connectivity index (χ0v) is 20.3. The number of fused-ring (bicyclic) bond motifs is 1. The maximum absolute atomic E-state index is 13.5. The third kappa shape index (κ3) is 5.11. The van der Waals surface area contributed by atoms with Gasteiger partial charge < -0.3 is 15.4 Å². The fourth-order valence-electron chi connectivity index (χ4n) is 4.22. The molecule has 0 saturated carbocycles. The summed E-state index contributed by atoms with van der Waals surface area (Å²) in [7, 11) is 0. The Morgan fingerprint density at radius 3 is 2.62 bits per heavy atom. The van der Waals surface area contributed by atoms with Crippen LogP contribution in [0.15, 0.2) is 53.7 Å². The van der Waals surface area contributed by atoms with Crippen molar-refractivity contribution in [3.63, 3.8) is 0 Å². The van der Waals surface area contributed by atoms with Gasteiger partial charge in [0.2, 0.25) is 5.95 Å². The van der Waals surface area contributed by atoms with E-state index in [1.165, 1.54) is 19.3 Å². The number of carbonyl (C=O) groups is 1. The number of aryl methyl sites for hydroxylation is 2. The Kier molecular flexibility index (Phi) is 7.25. The van der Waals surface area contributed by atoms with Crippen LogP contribution < -0.4 is 15.4 Å². The second-order valence-corrected chi connectivity index (χ2v) is 8.76. The van der Waals surface area contributed by atoms with Crippen LogP contribution in [0.5, 0.6) is 5.75 Å². The summed E-state index contributed by atoms with van der Waals surface area (Å²) in [5.74, 6) is 1.12. The van der Waals surface area contributed by atoms with Crippen molar-refractivity contribution in [1.29, 1.82) is 0 Å². The van der Waals surface area contributed by atoms with Crippen molar-refractivity contribution in [3.05, 3.63) is 70.4 Å². The SMILES string of the molecule is CCCCCCOc1ccc(C2C(C(=O)Nc3ccc(C)cc3C)=C(C)Nc3nnnn32)cc1. The molecule has 1 amide bonds. The minimum atomic E-state index is -0.462. The average Bonchev–Trinajstić information content (AvgIpc) is 3.28. The molecule has 1 aliphatic rings. The molecule has 0 radical (unpaired) electrons. The van der Waals surface area contributed by atoms with Gasteiger partial charge in [-0.1, -0.05) is 61.1 Å². The zero-order chi connectivity index (χ0) is 24.1. The number of allylic oxidation sites excluding steroid dienone is 1. The van der Waals surface area contributed by atoms with Gasteiger partial charge in [-0.2, -0.15) is 4.68 Å². The van der Waals surface area contributed by atoms with E-state index in [9.17, 15) is 4.79 Å². The van der Waals surface area contributed by atoms with Gasteiger partial charge >= 0.3 is 0 Å². The van der Waals surface area contributed by atoms with Crippen LogP contribution in [0.3, 0.4) is 0 Å². The van der Waals surface area contributed by atoms with Crippen LogP contribution in [0, 0.1) is 13.8 Å². The van der Waals surface area contributed by atoms with E-state index < -0.39 is 6.04 Å². The number of benzene rings is 2. The molecule has 2 N–H and O–H groups in total. The first-order valence-electron chi connectivity index (χ1n) is 11.8. The van der Waals surface area contributed by atoms with E-state index in [1.807, 2.05) is 63.2 Å². The fraction of sp³-hybridized carbons (Fsp3) is 0.385. The van der Waals surface area contributed by atoms with Crippen molar-refractivity contribution in [3.8, 4) is 5.75 Å². The predicted octanol–water partition coefficient (Wildman–Crippen LogP) is 5.18. The summed E-state index contributed by atoms with van der Waals surface area (Å²) in [6, 6.07) is 13.3. The minimum Gasteiger partial charge on any atom is -0.494 e. The maximum Gasteiger partial charge on any atom is 0.255 e. The molecule has 34 heavy (non-hydrogen) atoms. The highest BCUT2D eigenvalue weighted by atomic mass is 16.5. The number of tetrazole rings is 1. The molecule has 1 aliphatic heterocycles. The van der Waals surface area contributed by atoms with Crippen LogP contribution in [0.1, 0.15) is 62.3 Å². The van der Waals surface area contributed by atoms with E-state index in [0.717, 1.165) is 34.5 Å². The Hall–Kier alpha value is -3.68. The molecule has 0 fully saturated rings. The molecule has 3 aromatic rings. The molecular formula is C26H32N6O2. The molecule has 1 atom stereocenters. The number of unbranched alkanes of at least 4 members (excludes halogenated alkanes) is 3. The molecule has 8 nitrogen and oxygen atoms in total. The monoisotopic (exact) mass is 460 g/mol. The van der Waals surface area contributed by atoms with Gasteiger partial charge in [-0.3, -0.25) is 4.79 Å². The Balaban J connectivity index is 1.58. The third-order valence-electron chi connectivity index (χ3n) is 6.05. The Morgan fingerprint density at radius 2 is 1.88 bits per heavy atom. The molecule has 0 bridgehead atoms. The van der Waals surface area contributed by atoms with E-state index in [1.54, 1.807) is 4.68 Å². The lowest BCUT2D eigenvalue weighted by molar-refractivity contribution is -0.113. The van der Waals surface area contributed by atoms with Crippen molar-refractivity contribution in [2.45, 2.75) is 59.4 Å². The van der Waals surface area contributed by atoms with Gasteiger partial charge in [0, 0.05) is 11.4 Å². The number of anilines is 2.